The van der Waals surface area contributed by atoms with Gasteiger partial charge in [0.25, 0.3) is 0 Å². The summed E-state index contributed by atoms with van der Waals surface area (Å²) < 4.78 is 0. The van der Waals surface area contributed by atoms with Crippen molar-refractivity contribution >= 4 is 17.5 Å². The molecule has 2 fully saturated rings. The quantitative estimate of drug-likeness (QED) is 0.876. The van der Waals surface area contributed by atoms with Crippen LogP contribution in [0, 0.1) is 0 Å². The number of benzene rings is 2. The zero-order valence-electron chi connectivity index (χ0n) is 13.0. The first-order valence-electron chi connectivity index (χ1n) is 8.25. The summed E-state index contributed by atoms with van der Waals surface area (Å²) in [5, 5.41) is 3.92. The minimum Gasteiger partial charge on any atom is -0.354 e. The van der Waals surface area contributed by atoms with Gasteiger partial charge < -0.3 is 5.32 Å². The van der Waals surface area contributed by atoms with Crippen LogP contribution in [0.5, 0.6) is 0 Å². The third-order valence-electron chi connectivity index (χ3n) is 5.39. The highest BCUT2D eigenvalue weighted by atomic mass is 35.5. The van der Waals surface area contributed by atoms with Crippen LogP contribution < -0.4 is 5.32 Å². The molecule has 0 saturated heterocycles. The van der Waals surface area contributed by atoms with Crippen LogP contribution in [-0.4, -0.2) is 12.5 Å². The molecule has 0 unspecified atom stereocenters. The van der Waals surface area contributed by atoms with Gasteiger partial charge >= 0.3 is 0 Å². The number of halogens is 1. The number of carbonyl (C=O) groups is 1. The van der Waals surface area contributed by atoms with Crippen LogP contribution in [0.25, 0.3) is 0 Å². The predicted molar refractivity (Wildman–Crippen MR) is 92.7 cm³/mol. The average molecular weight is 326 g/mol. The fourth-order valence-corrected chi connectivity index (χ4v) is 3.68. The molecule has 0 spiro atoms. The Kier molecular flexibility index (Phi) is 3.46. The minimum absolute atomic E-state index is 0.154. The van der Waals surface area contributed by atoms with Crippen molar-refractivity contribution in [2.45, 2.75) is 36.5 Å². The van der Waals surface area contributed by atoms with Crippen molar-refractivity contribution < 1.29 is 4.79 Å². The maximum atomic E-state index is 12.8. The Hall–Kier alpha value is -1.80. The van der Waals surface area contributed by atoms with E-state index in [0.717, 1.165) is 37.8 Å². The molecule has 0 atom stereocenters. The first-order chi connectivity index (χ1) is 11.1. The summed E-state index contributed by atoms with van der Waals surface area (Å²) >= 11 is 6.09. The summed E-state index contributed by atoms with van der Waals surface area (Å²) in [6, 6.07) is 18.3. The van der Waals surface area contributed by atoms with Gasteiger partial charge in [0, 0.05) is 17.0 Å². The SMILES string of the molecule is O=C(NCC1(c2ccccc2)CC1)C1(c2cccc(Cl)c2)CC1. The topological polar surface area (TPSA) is 29.1 Å². The zero-order valence-corrected chi connectivity index (χ0v) is 13.8. The Labute approximate surface area is 141 Å². The van der Waals surface area contributed by atoms with Gasteiger partial charge in [-0.05, 0) is 48.9 Å². The molecular formula is C20H20ClNO. The van der Waals surface area contributed by atoms with Crippen LogP contribution in [0.2, 0.25) is 5.02 Å². The molecule has 0 heterocycles. The van der Waals surface area contributed by atoms with Crippen LogP contribution in [0.1, 0.15) is 36.8 Å². The Morgan fingerprint density at radius 2 is 1.65 bits per heavy atom. The van der Waals surface area contributed by atoms with E-state index in [9.17, 15) is 4.79 Å². The summed E-state index contributed by atoms with van der Waals surface area (Å²) in [4.78, 5) is 12.8. The van der Waals surface area contributed by atoms with Gasteiger partial charge in [-0.25, -0.2) is 0 Å². The van der Waals surface area contributed by atoms with Gasteiger partial charge in [-0.15, -0.1) is 0 Å². The van der Waals surface area contributed by atoms with Crippen molar-refractivity contribution in [3.05, 3.63) is 70.7 Å². The van der Waals surface area contributed by atoms with E-state index in [-0.39, 0.29) is 16.7 Å². The first kappa shape index (κ1) is 14.8. The molecule has 2 aliphatic rings. The first-order valence-corrected chi connectivity index (χ1v) is 8.62. The smallest absolute Gasteiger partial charge is 0.230 e. The van der Waals surface area contributed by atoms with Gasteiger partial charge in [0.2, 0.25) is 5.91 Å². The Morgan fingerprint density at radius 3 is 2.26 bits per heavy atom. The number of carbonyl (C=O) groups excluding carboxylic acids is 1. The third kappa shape index (κ3) is 2.66. The second kappa shape index (κ2) is 5.38. The lowest BCUT2D eigenvalue weighted by Crippen LogP contribution is -2.39. The number of rotatable bonds is 5. The van der Waals surface area contributed by atoms with Crippen LogP contribution >= 0.6 is 11.6 Å². The van der Waals surface area contributed by atoms with Crippen LogP contribution in [0.4, 0.5) is 0 Å². The van der Waals surface area contributed by atoms with Crippen molar-refractivity contribution in [2.24, 2.45) is 0 Å². The summed E-state index contributed by atoms with van der Waals surface area (Å²) in [5.74, 6) is 0.155. The Bertz CT molecular complexity index is 732. The Morgan fingerprint density at radius 1 is 0.957 bits per heavy atom. The second-order valence-corrected chi connectivity index (χ2v) is 7.36. The van der Waals surface area contributed by atoms with Gasteiger partial charge in [-0.1, -0.05) is 54.1 Å². The van der Waals surface area contributed by atoms with Gasteiger partial charge in [-0.3, -0.25) is 4.79 Å². The molecule has 2 nitrogen and oxygen atoms in total. The molecule has 2 saturated carbocycles. The van der Waals surface area contributed by atoms with Crippen molar-refractivity contribution in [3.8, 4) is 0 Å². The predicted octanol–water partition coefficient (Wildman–Crippen LogP) is 4.22. The molecule has 2 aromatic carbocycles. The molecular weight excluding hydrogens is 306 g/mol. The highest BCUT2D eigenvalue weighted by molar-refractivity contribution is 6.30. The van der Waals surface area contributed by atoms with E-state index in [1.807, 2.05) is 30.3 Å². The molecule has 0 radical (unpaired) electrons. The van der Waals surface area contributed by atoms with Crippen molar-refractivity contribution in [1.82, 2.24) is 5.32 Å². The van der Waals surface area contributed by atoms with Crippen LogP contribution in [-0.2, 0) is 15.6 Å². The van der Waals surface area contributed by atoms with Gasteiger partial charge in [0.05, 0.1) is 5.41 Å². The zero-order chi connectivity index (χ0) is 15.9. The van der Waals surface area contributed by atoms with Crippen LogP contribution in [0.3, 0.4) is 0 Å². The molecule has 3 heteroatoms. The van der Waals surface area contributed by atoms with E-state index in [2.05, 4.69) is 29.6 Å². The van der Waals surface area contributed by atoms with E-state index in [4.69, 9.17) is 11.6 Å². The molecule has 2 aliphatic carbocycles. The van der Waals surface area contributed by atoms with Crippen LogP contribution in [0.15, 0.2) is 54.6 Å². The molecule has 2 aromatic rings. The van der Waals surface area contributed by atoms with Gasteiger partial charge in [0.15, 0.2) is 0 Å². The van der Waals surface area contributed by atoms with Crippen molar-refractivity contribution in [2.75, 3.05) is 6.54 Å². The minimum atomic E-state index is -0.350. The molecule has 0 aliphatic heterocycles. The van der Waals surface area contributed by atoms with E-state index in [1.165, 1.54) is 5.56 Å². The lowest BCUT2D eigenvalue weighted by Gasteiger charge is -2.20. The van der Waals surface area contributed by atoms with Crippen molar-refractivity contribution in [3.63, 3.8) is 0 Å². The average Bonchev–Trinajstić information content (AvgIpc) is 3.48. The summed E-state index contributed by atoms with van der Waals surface area (Å²) in [6.45, 7) is 0.734. The standard InChI is InChI=1S/C20H20ClNO/c21-17-8-4-7-16(13-17)20(11-12-20)18(23)22-14-19(9-10-19)15-5-2-1-3-6-15/h1-8,13H,9-12,14H2,(H,22,23). The summed E-state index contributed by atoms with van der Waals surface area (Å²) in [5.41, 5.74) is 2.19. The van der Waals surface area contributed by atoms with Crippen molar-refractivity contribution in [1.29, 1.82) is 0 Å². The third-order valence-corrected chi connectivity index (χ3v) is 5.62. The Balaban J connectivity index is 1.47. The van der Waals surface area contributed by atoms with E-state index < -0.39 is 0 Å². The molecule has 0 aromatic heterocycles. The fourth-order valence-electron chi connectivity index (χ4n) is 3.49. The number of hydrogen-bond donors (Lipinski definition) is 1. The molecule has 1 amide bonds. The highest BCUT2D eigenvalue weighted by Crippen LogP contribution is 2.50. The van der Waals surface area contributed by atoms with E-state index in [1.54, 1.807) is 0 Å². The maximum Gasteiger partial charge on any atom is 0.230 e. The van der Waals surface area contributed by atoms with E-state index >= 15 is 0 Å². The van der Waals surface area contributed by atoms with Gasteiger partial charge in [0.1, 0.15) is 0 Å². The number of amides is 1. The number of nitrogens with one attached hydrogen (secondary N) is 1. The summed E-state index contributed by atoms with van der Waals surface area (Å²) in [7, 11) is 0. The largest absolute Gasteiger partial charge is 0.354 e. The lowest BCUT2D eigenvalue weighted by atomic mass is 9.93. The maximum absolute atomic E-state index is 12.8. The highest BCUT2D eigenvalue weighted by Gasteiger charge is 2.52. The lowest BCUT2D eigenvalue weighted by molar-refractivity contribution is -0.123. The fraction of sp³-hybridized carbons (Fsp3) is 0.350. The number of hydrogen-bond acceptors (Lipinski definition) is 1. The normalized spacial score (nSPS) is 19.9. The molecule has 118 valence electrons. The van der Waals surface area contributed by atoms with E-state index in [0.29, 0.717) is 5.02 Å². The monoisotopic (exact) mass is 325 g/mol. The molecule has 23 heavy (non-hydrogen) atoms. The summed E-state index contributed by atoms with van der Waals surface area (Å²) in [6.07, 6.45) is 4.14. The second-order valence-electron chi connectivity index (χ2n) is 6.92. The molecule has 4 rings (SSSR count). The van der Waals surface area contributed by atoms with Gasteiger partial charge in [-0.2, -0.15) is 0 Å². The molecule has 1 N–H and O–H groups in total. The molecule has 0 bridgehead atoms.